The van der Waals surface area contributed by atoms with Crippen LogP contribution in [0.1, 0.15) is 110 Å². The number of sulfonamides is 1. The van der Waals surface area contributed by atoms with Crippen LogP contribution in [0, 0.1) is 17.3 Å². The van der Waals surface area contributed by atoms with Crippen LogP contribution in [0.2, 0.25) is 0 Å². The van der Waals surface area contributed by atoms with Gasteiger partial charge in [0.2, 0.25) is 27.7 Å². The second-order valence-corrected chi connectivity index (χ2v) is 22.8. The topological polar surface area (TPSA) is 195 Å². The third kappa shape index (κ3) is 10.3. The van der Waals surface area contributed by atoms with Crippen molar-refractivity contribution in [2.45, 2.75) is 152 Å². The molecule has 65 heavy (non-hydrogen) atoms. The highest BCUT2D eigenvalue weighted by molar-refractivity contribution is 7.91. The summed E-state index contributed by atoms with van der Waals surface area (Å²) in [5, 5.41) is 6.59. The maximum Gasteiger partial charge on any atom is 0.408 e. The molecule has 2 saturated heterocycles. The Hall–Kier alpha value is -4.48. The van der Waals surface area contributed by atoms with Gasteiger partial charge in [-0.05, 0) is 94.6 Å². The van der Waals surface area contributed by atoms with Gasteiger partial charge in [-0.25, -0.2) is 18.2 Å². The molecule has 1 aromatic heterocycles. The number of pyridine rings is 1. The minimum atomic E-state index is -4.02. The smallest absolute Gasteiger partial charge is 0.408 e. The number of carbonyl (C=O) groups excluding carboxylic acids is 4. The Morgan fingerprint density at radius 2 is 1.82 bits per heavy atom. The van der Waals surface area contributed by atoms with Crippen LogP contribution in [0.15, 0.2) is 36.9 Å². The zero-order valence-corrected chi connectivity index (χ0v) is 39.5. The van der Waals surface area contributed by atoms with Crippen LogP contribution in [-0.2, 0) is 40.3 Å². The van der Waals surface area contributed by atoms with Gasteiger partial charge in [-0.3, -0.25) is 19.1 Å². The minimum Gasteiger partial charge on any atom is -0.492 e. The highest BCUT2D eigenvalue weighted by atomic mass is 32.2. The van der Waals surface area contributed by atoms with E-state index in [4.69, 9.17) is 23.9 Å². The van der Waals surface area contributed by atoms with Crippen LogP contribution < -0.4 is 24.8 Å². The molecule has 2 aromatic rings. The molecule has 0 radical (unpaired) electrons. The monoisotopic (exact) mass is 920 g/mol. The number of nitrogens with one attached hydrogen (secondary N) is 3. The molecular weight excluding hydrogens is 853 g/mol. The van der Waals surface area contributed by atoms with Crippen LogP contribution in [0.5, 0.6) is 11.6 Å². The Labute approximate surface area is 383 Å². The number of rotatable bonds is 12. The molecule has 3 aliphatic carbocycles. The largest absolute Gasteiger partial charge is 0.492 e. The van der Waals surface area contributed by atoms with E-state index in [0.29, 0.717) is 43.4 Å². The summed E-state index contributed by atoms with van der Waals surface area (Å²) < 4.78 is 52.6. The van der Waals surface area contributed by atoms with Crippen molar-refractivity contribution in [1.82, 2.24) is 30.1 Å². The molecule has 7 atom stereocenters. The molecule has 3 N–H and O–H groups in total. The predicted molar refractivity (Wildman–Crippen MR) is 244 cm³/mol. The van der Waals surface area contributed by atoms with E-state index in [1.807, 2.05) is 45.0 Å². The molecule has 17 heteroatoms. The van der Waals surface area contributed by atoms with Crippen LogP contribution >= 0.6 is 0 Å². The van der Waals surface area contributed by atoms with E-state index < -0.39 is 73.6 Å². The van der Waals surface area contributed by atoms with Gasteiger partial charge in [0.15, 0.2) is 0 Å². The molecule has 356 valence electrons. The number of methoxy groups -OCH3 is 1. The average Bonchev–Trinajstić information content (AvgIpc) is 4.23. The van der Waals surface area contributed by atoms with Crippen LogP contribution in [-0.4, -0.2) is 128 Å². The second-order valence-electron chi connectivity index (χ2n) is 20.6. The standard InChI is InChI=1S/C48H68N6O10S/c1-7-31-28-48(31,44(57)52-65(59,60)47(5)20-21-47)51-41(55)37-27-33-29-54(37)43(56)40(46(2,3)4)50-45(58)64-38-26-30(38)14-9-8-10-16-35-39(34-15-11-12-17-36(34)49-42(35)63-33)62-25-13-22-53-23-18-32(61-6)19-24-53/h7,11-12,15,17,30-33,37-38,40H,1,8-10,13-14,16,18-29H2,2-6H3,(H,50,58)(H,51,55)(H,52,57)/t30-,31-,33-,37+,38-,40-,48-/m1/s1. The maximum absolute atomic E-state index is 14.9. The SMILES string of the molecule is C=C[C@@H]1C[C@]1(NC(=O)[C@@H]1C[C@@H]2CN1C(=O)[C@H](C(C)(C)C)NC(=O)O[C@@H]1C[C@H]1CCCCCc1c(nc3ccccc3c1OCCCN1CCC(OC)CC1)O2)C(=O)NS(=O)(=O)C1(C)CC1. The van der Waals surface area contributed by atoms with Crippen molar-refractivity contribution in [2.24, 2.45) is 17.3 Å². The fraction of sp³-hybridized carbons (Fsp3) is 0.688. The lowest BCUT2D eigenvalue weighted by atomic mass is 9.85. The average molecular weight is 921 g/mol. The fourth-order valence-electron chi connectivity index (χ4n) is 9.82. The van der Waals surface area contributed by atoms with Gasteiger partial charge in [-0.1, -0.05) is 51.8 Å². The summed E-state index contributed by atoms with van der Waals surface area (Å²) in [6, 6.07) is 5.57. The van der Waals surface area contributed by atoms with E-state index in [1.54, 1.807) is 14.0 Å². The molecule has 1 aromatic carbocycles. The Morgan fingerprint density at radius 1 is 1.06 bits per heavy atom. The van der Waals surface area contributed by atoms with E-state index >= 15 is 0 Å². The lowest BCUT2D eigenvalue weighted by Gasteiger charge is -2.35. The minimum absolute atomic E-state index is 0.0271. The van der Waals surface area contributed by atoms with Gasteiger partial charge < -0.3 is 39.4 Å². The number of fused-ring (bicyclic) bond motifs is 5. The molecule has 0 spiro atoms. The summed E-state index contributed by atoms with van der Waals surface area (Å²) in [6.07, 6.45) is 9.04. The quantitative estimate of drug-likeness (QED) is 0.187. The van der Waals surface area contributed by atoms with Crippen molar-refractivity contribution >= 4 is 44.7 Å². The van der Waals surface area contributed by atoms with Gasteiger partial charge >= 0.3 is 6.09 Å². The molecule has 16 nitrogen and oxygen atoms in total. The Balaban J connectivity index is 1.10. The van der Waals surface area contributed by atoms with Crippen molar-refractivity contribution in [3.63, 3.8) is 0 Å². The van der Waals surface area contributed by atoms with Gasteiger partial charge in [0.05, 0.1) is 35.1 Å². The summed E-state index contributed by atoms with van der Waals surface area (Å²) in [4.78, 5) is 65.8. The highest BCUT2D eigenvalue weighted by Crippen LogP contribution is 2.47. The molecule has 8 rings (SSSR count). The number of nitrogens with zero attached hydrogens (tertiary/aromatic N) is 3. The summed E-state index contributed by atoms with van der Waals surface area (Å²) in [6.45, 7) is 14.2. The lowest BCUT2D eigenvalue weighted by molar-refractivity contribution is -0.142. The zero-order chi connectivity index (χ0) is 46.3. The lowest BCUT2D eigenvalue weighted by Crippen LogP contribution is -2.60. The Bertz CT molecular complexity index is 2250. The normalized spacial score (nSPS) is 29.7. The van der Waals surface area contributed by atoms with E-state index in [-0.39, 0.29) is 31.4 Å². The molecule has 5 fully saturated rings. The predicted octanol–water partition coefficient (Wildman–Crippen LogP) is 5.17. The molecule has 4 heterocycles. The molecule has 4 amide bonds. The van der Waals surface area contributed by atoms with Gasteiger partial charge in [0, 0.05) is 44.5 Å². The number of benzene rings is 1. The number of para-hydroxylation sites is 1. The maximum atomic E-state index is 14.9. The molecule has 3 aliphatic heterocycles. The number of piperidine rings is 1. The van der Waals surface area contributed by atoms with Crippen molar-refractivity contribution in [3.8, 4) is 11.6 Å². The third-order valence-electron chi connectivity index (χ3n) is 14.6. The first-order valence-electron chi connectivity index (χ1n) is 23.7. The number of ether oxygens (including phenoxy) is 4. The summed E-state index contributed by atoms with van der Waals surface area (Å²) in [7, 11) is -2.24. The van der Waals surface area contributed by atoms with Crippen LogP contribution in [0.4, 0.5) is 4.79 Å². The summed E-state index contributed by atoms with van der Waals surface area (Å²) in [5.41, 5.74) is -0.869. The van der Waals surface area contributed by atoms with Crippen molar-refractivity contribution in [2.75, 3.05) is 39.9 Å². The number of carbonyl (C=O) groups is 4. The number of amides is 4. The van der Waals surface area contributed by atoms with Crippen LogP contribution in [0.3, 0.4) is 0 Å². The highest BCUT2D eigenvalue weighted by Gasteiger charge is 2.63. The number of aromatic nitrogens is 1. The van der Waals surface area contributed by atoms with Gasteiger partial charge in [-0.15, -0.1) is 6.58 Å². The third-order valence-corrected chi connectivity index (χ3v) is 16.8. The van der Waals surface area contributed by atoms with E-state index in [9.17, 15) is 27.6 Å². The first-order chi connectivity index (χ1) is 30.9. The van der Waals surface area contributed by atoms with Gasteiger partial charge in [0.25, 0.3) is 5.91 Å². The van der Waals surface area contributed by atoms with Crippen LogP contribution in [0.25, 0.3) is 10.9 Å². The van der Waals surface area contributed by atoms with Gasteiger partial charge in [0.1, 0.15) is 35.6 Å². The number of hydrogen-bond acceptors (Lipinski definition) is 12. The number of likely N-dealkylation sites (tertiary alicyclic amines) is 1. The van der Waals surface area contributed by atoms with Crippen molar-refractivity contribution < 1.29 is 46.5 Å². The fourth-order valence-corrected chi connectivity index (χ4v) is 11.1. The summed E-state index contributed by atoms with van der Waals surface area (Å²) >= 11 is 0. The number of hydrogen-bond donors (Lipinski definition) is 3. The first-order valence-corrected chi connectivity index (χ1v) is 25.2. The zero-order valence-electron chi connectivity index (χ0n) is 38.7. The number of alkyl carbamates (subject to hydrolysis) is 1. The van der Waals surface area contributed by atoms with Crippen molar-refractivity contribution in [1.29, 1.82) is 0 Å². The molecule has 2 bridgehead atoms. The molecular formula is C48H68N6O10S. The Kier molecular flexibility index (Phi) is 13.5. The molecule has 3 saturated carbocycles. The molecule has 0 unspecified atom stereocenters. The van der Waals surface area contributed by atoms with E-state index in [0.717, 1.165) is 87.7 Å². The Morgan fingerprint density at radius 3 is 2.51 bits per heavy atom. The second kappa shape index (κ2) is 18.7. The summed E-state index contributed by atoms with van der Waals surface area (Å²) in [5.74, 6) is -1.21. The van der Waals surface area contributed by atoms with E-state index in [2.05, 4.69) is 26.8 Å². The first kappa shape index (κ1) is 47.0. The van der Waals surface area contributed by atoms with E-state index in [1.165, 1.54) is 11.0 Å². The van der Waals surface area contributed by atoms with Gasteiger partial charge in [-0.2, -0.15) is 0 Å². The molecule has 6 aliphatic rings. The van der Waals surface area contributed by atoms with Crippen molar-refractivity contribution in [3.05, 3.63) is 42.5 Å².